The Labute approximate surface area is 88.9 Å². The van der Waals surface area contributed by atoms with E-state index in [1.165, 1.54) is 6.08 Å². The standard InChI is InChI=1S/C10H16O5/c1-4-5-12-9(11)13-6-8-7-14-10(2,3)15-8/h4,8H,1,5-7H2,2-3H3. The fourth-order valence-electron chi connectivity index (χ4n) is 1.17. The molecule has 1 atom stereocenters. The minimum atomic E-state index is -0.719. The van der Waals surface area contributed by atoms with E-state index in [9.17, 15) is 4.79 Å². The first-order chi connectivity index (χ1) is 7.03. The van der Waals surface area contributed by atoms with Gasteiger partial charge in [0.1, 0.15) is 19.3 Å². The van der Waals surface area contributed by atoms with Crippen LogP contribution < -0.4 is 0 Å². The first kappa shape index (κ1) is 12.0. The summed E-state index contributed by atoms with van der Waals surface area (Å²) in [6.07, 6.45) is 0.527. The van der Waals surface area contributed by atoms with Crippen LogP contribution in [-0.2, 0) is 18.9 Å². The molecule has 15 heavy (non-hydrogen) atoms. The molecule has 0 aromatic rings. The summed E-state index contributed by atoms with van der Waals surface area (Å²) < 4.78 is 20.2. The SMILES string of the molecule is C=CCOC(=O)OCC1COC(C)(C)O1. The van der Waals surface area contributed by atoms with E-state index in [0.29, 0.717) is 6.61 Å². The van der Waals surface area contributed by atoms with Gasteiger partial charge in [0.25, 0.3) is 0 Å². The summed E-state index contributed by atoms with van der Waals surface area (Å²) in [6, 6.07) is 0. The summed E-state index contributed by atoms with van der Waals surface area (Å²) in [5, 5.41) is 0. The van der Waals surface area contributed by atoms with Gasteiger partial charge in [-0.05, 0) is 13.8 Å². The highest BCUT2D eigenvalue weighted by Gasteiger charge is 2.33. The summed E-state index contributed by atoms with van der Waals surface area (Å²) >= 11 is 0. The molecule has 0 amide bonds. The van der Waals surface area contributed by atoms with E-state index in [1.54, 1.807) is 0 Å². The quantitative estimate of drug-likeness (QED) is 0.526. The number of rotatable bonds is 4. The third-order valence-electron chi connectivity index (χ3n) is 1.77. The second kappa shape index (κ2) is 5.14. The summed E-state index contributed by atoms with van der Waals surface area (Å²) in [4.78, 5) is 10.9. The summed E-state index contributed by atoms with van der Waals surface area (Å²) in [7, 11) is 0. The van der Waals surface area contributed by atoms with Crippen LogP contribution in [0.5, 0.6) is 0 Å². The van der Waals surface area contributed by atoms with E-state index in [2.05, 4.69) is 11.3 Å². The maximum atomic E-state index is 10.9. The van der Waals surface area contributed by atoms with Crippen molar-refractivity contribution in [1.29, 1.82) is 0 Å². The number of hydrogen-bond acceptors (Lipinski definition) is 5. The van der Waals surface area contributed by atoms with Crippen molar-refractivity contribution in [3.05, 3.63) is 12.7 Å². The van der Waals surface area contributed by atoms with E-state index in [4.69, 9.17) is 14.2 Å². The van der Waals surface area contributed by atoms with E-state index in [1.807, 2.05) is 13.8 Å². The summed E-state index contributed by atoms with van der Waals surface area (Å²) in [5.41, 5.74) is 0. The molecule has 0 saturated carbocycles. The summed E-state index contributed by atoms with van der Waals surface area (Å²) in [6.45, 7) is 7.73. The third kappa shape index (κ3) is 4.31. The molecule has 1 fully saturated rings. The van der Waals surface area contributed by atoms with Gasteiger partial charge in [0.05, 0.1) is 6.61 Å². The molecule has 86 valence electrons. The Hall–Kier alpha value is -1.07. The maximum absolute atomic E-state index is 10.9. The second-order valence-corrected chi connectivity index (χ2v) is 3.61. The zero-order valence-electron chi connectivity index (χ0n) is 9.02. The fraction of sp³-hybridized carbons (Fsp3) is 0.700. The van der Waals surface area contributed by atoms with E-state index < -0.39 is 11.9 Å². The Morgan fingerprint density at radius 2 is 2.33 bits per heavy atom. The van der Waals surface area contributed by atoms with Crippen LogP contribution in [0.3, 0.4) is 0 Å². The van der Waals surface area contributed by atoms with Crippen molar-refractivity contribution in [2.45, 2.75) is 25.7 Å². The monoisotopic (exact) mass is 216 g/mol. The first-order valence-electron chi connectivity index (χ1n) is 4.76. The smallest absolute Gasteiger partial charge is 0.431 e. The van der Waals surface area contributed by atoms with Crippen LogP contribution in [-0.4, -0.2) is 37.9 Å². The van der Waals surface area contributed by atoms with Gasteiger partial charge in [0.2, 0.25) is 0 Å². The molecule has 1 rings (SSSR count). The van der Waals surface area contributed by atoms with Gasteiger partial charge < -0.3 is 18.9 Å². The largest absolute Gasteiger partial charge is 0.508 e. The van der Waals surface area contributed by atoms with Crippen molar-refractivity contribution in [2.75, 3.05) is 19.8 Å². The van der Waals surface area contributed by atoms with Crippen molar-refractivity contribution >= 4 is 6.16 Å². The number of hydrogen-bond donors (Lipinski definition) is 0. The first-order valence-corrected chi connectivity index (χ1v) is 4.76. The Morgan fingerprint density at radius 1 is 1.60 bits per heavy atom. The zero-order valence-corrected chi connectivity index (χ0v) is 9.02. The van der Waals surface area contributed by atoms with Crippen LogP contribution in [0.1, 0.15) is 13.8 Å². The third-order valence-corrected chi connectivity index (χ3v) is 1.77. The molecule has 0 aliphatic carbocycles. The average molecular weight is 216 g/mol. The van der Waals surface area contributed by atoms with Gasteiger partial charge in [-0.2, -0.15) is 0 Å². The van der Waals surface area contributed by atoms with Crippen LogP contribution in [0, 0.1) is 0 Å². The molecular formula is C10H16O5. The van der Waals surface area contributed by atoms with Gasteiger partial charge in [-0.1, -0.05) is 12.7 Å². The van der Waals surface area contributed by atoms with E-state index >= 15 is 0 Å². The van der Waals surface area contributed by atoms with Crippen LogP contribution in [0.4, 0.5) is 4.79 Å². The molecule has 1 aliphatic heterocycles. The Morgan fingerprint density at radius 3 is 2.87 bits per heavy atom. The molecule has 1 saturated heterocycles. The molecule has 0 spiro atoms. The second-order valence-electron chi connectivity index (χ2n) is 3.61. The van der Waals surface area contributed by atoms with Crippen LogP contribution in [0.25, 0.3) is 0 Å². The molecule has 5 heteroatoms. The van der Waals surface area contributed by atoms with E-state index in [-0.39, 0.29) is 19.3 Å². The molecule has 1 heterocycles. The predicted molar refractivity (Wildman–Crippen MR) is 52.4 cm³/mol. The van der Waals surface area contributed by atoms with Gasteiger partial charge in [-0.15, -0.1) is 0 Å². The van der Waals surface area contributed by atoms with Gasteiger partial charge in [0, 0.05) is 0 Å². The average Bonchev–Trinajstić information content (AvgIpc) is 2.52. The van der Waals surface area contributed by atoms with Gasteiger partial charge in [0.15, 0.2) is 5.79 Å². The molecular weight excluding hydrogens is 200 g/mol. The fourth-order valence-corrected chi connectivity index (χ4v) is 1.17. The van der Waals surface area contributed by atoms with Crippen molar-refractivity contribution in [1.82, 2.24) is 0 Å². The predicted octanol–water partition coefficient (Wildman–Crippen LogP) is 1.48. The van der Waals surface area contributed by atoms with Crippen molar-refractivity contribution < 1.29 is 23.7 Å². The lowest BCUT2D eigenvalue weighted by Gasteiger charge is -2.16. The highest BCUT2D eigenvalue weighted by Crippen LogP contribution is 2.22. The molecule has 1 aliphatic rings. The lowest BCUT2D eigenvalue weighted by atomic mass is 10.4. The summed E-state index contributed by atoms with van der Waals surface area (Å²) in [5.74, 6) is -0.598. The molecule has 0 aromatic carbocycles. The molecule has 5 nitrogen and oxygen atoms in total. The number of carbonyl (C=O) groups is 1. The highest BCUT2D eigenvalue weighted by atomic mass is 16.8. The minimum absolute atomic E-state index is 0.138. The lowest BCUT2D eigenvalue weighted by Crippen LogP contribution is -2.25. The topological polar surface area (TPSA) is 54.0 Å². The molecule has 0 radical (unpaired) electrons. The Balaban J connectivity index is 2.15. The van der Waals surface area contributed by atoms with Crippen molar-refractivity contribution in [3.8, 4) is 0 Å². The Bertz CT molecular complexity index is 236. The van der Waals surface area contributed by atoms with Gasteiger partial charge in [-0.25, -0.2) is 4.79 Å². The zero-order chi connectivity index (χ0) is 11.3. The minimum Gasteiger partial charge on any atom is -0.431 e. The number of ether oxygens (including phenoxy) is 4. The van der Waals surface area contributed by atoms with Gasteiger partial charge >= 0.3 is 6.16 Å². The van der Waals surface area contributed by atoms with Crippen molar-refractivity contribution in [2.24, 2.45) is 0 Å². The number of carbonyl (C=O) groups excluding carboxylic acids is 1. The normalized spacial score (nSPS) is 23.5. The lowest BCUT2D eigenvalue weighted by molar-refractivity contribution is -0.143. The van der Waals surface area contributed by atoms with Gasteiger partial charge in [-0.3, -0.25) is 0 Å². The maximum Gasteiger partial charge on any atom is 0.508 e. The Kier molecular flexibility index (Phi) is 4.11. The van der Waals surface area contributed by atoms with E-state index in [0.717, 1.165) is 0 Å². The molecule has 0 bridgehead atoms. The van der Waals surface area contributed by atoms with Crippen molar-refractivity contribution in [3.63, 3.8) is 0 Å². The molecule has 0 N–H and O–H groups in total. The molecule has 1 unspecified atom stereocenters. The highest BCUT2D eigenvalue weighted by molar-refractivity contribution is 5.59. The van der Waals surface area contributed by atoms with Crippen LogP contribution >= 0.6 is 0 Å². The van der Waals surface area contributed by atoms with Crippen LogP contribution in [0.2, 0.25) is 0 Å². The molecule has 0 aromatic heterocycles. The van der Waals surface area contributed by atoms with Crippen LogP contribution in [0.15, 0.2) is 12.7 Å².